The molecule has 1 aromatic carbocycles. The van der Waals surface area contributed by atoms with Crippen LogP contribution in [-0.4, -0.2) is 22.1 Å². The summed E-state index contributed by atoms with van der Waals surface area (Å²) in [5, 5.41) is 0.931. The zero-order valence-corrected chi connectivity index (χ0v) is 14.1. The largest absolute Gasteiger partial charge is 0.466 e. The van der Waals surface area contributed by atoms with Crippen molar-refractivity contribution in [3.8, 4) is 5.69 Å². The third-order valence-corrected chi connectivity index (χ3v) is 4.00. The summed E-state index contributed by atoms with van der Waals surface area (Å²) in [7, 11) is 0. The average molecular weight is 336 g/mol. The van der Waals surface area contributed by atoms with Crippen LogP contribution in [0.15, 0.2) is 59.5 Å². The van der Waals surface area contributed by atoms with Crippen molar-refractivity contribution in [1.29, 1.82) is 0 Å². The Morgan fingerprint density at radius 1 is 1.12 bits per heavy atom. The number of hydrogen-bond donors (Lipinski definition) is 0. The molecule has 0 saturated carbocycles. The number of aromatic nitrogens is 2. The van der Waals surface area contributed by atoms with Gasteiger partial charge in [0.2, 0.25) is 0 Å². The third-order valence-electron chi connectivity index (χ3n) is 4.00. The second-order valence-electron chi connectivity index (χ2n) is 5.86. The maximum atomic E-state index is 13.0. The number of hydrogen-bond acceptors (Lipinski definition) is 4. The summed E-state index contributed by atoms with van der Waals surface area (Å²) in [6, 6.07) is 15.3. The van der Waals surface area contributed by atoms with Crippen LogP contribution in [0, 0.1) is 0 Å². The molecule has 2 aromatic heterocycles. The van der Waals surface area contributed by atoms with Gasteiger partial charge >= 0.3 is 5.97 Å². The molecule has 5 heteroatoms. The molecule has 0 aliphatic carbocycles. The molecule has 0 saturated heterocycles. The summed E-state index contributed by atoms with van der Waals surface area (Å²) in [5.41, 5.74) is 2.15. The van der Waals surface area contributed by atoms with Crippen molar-refractivity contribution in [1.82, 2.24) is 9.55 Å². The number of pyridine rings is 2. The van der Waals surface area contributed by atoms with Crippen LogP contribution in [0.25, 0.3) is 16.7 Å². The van der Waals surface area contributed by atoms with E-state index in [2.05, 4.69) is 4.98 Å². The van der Waals surface area contributed by atoms with Crippen LogP contribution < -0.4 is 5.56 Å². The molecule has 0 N–H and O–H groups in total. The van der Waals surface area contributed by atoms with Crippen molar-refractivity contribution in [2.24, 2.45) is 0 Å². The van der Waals surface area contributed by atoms with Gasteiger partial charge in [-0.05, 0) is 49.6 Å². The van der Waals surface area contributed by atoms with Gasteiger partial charge in [0.15, 0.2) is 0 Å². The van der Waals surface area contributed by atoms with E-state index in [1.807, 2.05) is 48.5 Å². The lowest BCUT2D eigenvalue weighted by molar-refractivity contribution is -0.141. The molecule has 2 heterocycles. The van der Waals surface area contributed by atoms with E-state index in [1.54, 1.807) is 10.8 Å². The van der Waals surface area contributed by atoms with Crippen molar-refractivity contribution in [3.05, 3.63) is 70.6 Å². The van der Waals surface area contributed by atoms with Gasteiger partial charge in [-0.25, -0.2) is 4.98 Å². The summed E-state index contributed by atoms with van der Waals surface area (Å²) in [6.07, 6.45) is 3.84. The highest BCUT2D eigenvalue weighted by atomic mass is 16.5. The van der Waals surface area contributed by atoms with Crippen LogP contribution in [0.1, 0.15) is 25.3 Å². The molecule has 0 radical (unpaired) electrons. The molecule has 3 rings (SSSR count). The Morgan fingerprint density at radius 3 is 2.68 bits per heavy atom. The number of carbonyl (C=O) groups excluding carboxylic acids is 1. The number of carbonyl (C=O) groups is 1. The second-order valence-corrected chi connectivity index (χ2v) is 5.86. The van der Waals surface area contributed by atoms with E-state index < -0.39 is 0 Å². The van der Waals surface area contributed by atoms with Crippen molar-refractivity contribution in [3.63, 3.8) is 0 Å². The number of rotatable bonds is 6. The van der Waals surface area contributed by atoms with Gasteiger partial charge in [0.05, 0.1) is 12.3 Å². The lowest BCUT2D eigenvalue weighted by Crippen LogP contribution is -2.23. The Bertz CT molecular complexity index is 933. The van der Waals surface area contributed by atoms with Crippen molar-refractivity contribution < 1.29 is 9.53 Å². The predicted molar refractivity (Wildman–Crippen MR) is 96.9 cm³/mol. The number of unbranched alkanes of at least 4 members (excludes halogenated alkanes) is 1. The molecular formula is C20H20N2O3. The average Bonchev–Trinajstić information content (AvgIpc) is 2.62. The minimum absolute atomic E-state index is 0.0510. The molecule has 5 nitrogen and oxygen atoms in total. The van der Waals surface area contributed by atoms with E-state index in [-0.39, 0.29) is 11.5 Å². The lowest BCUT2D eigenvalue weighted by atomic mass is 10.1. The molecule has 0 aliphatic heterocycles. The van der Waals surface area contributed by atoms with Gasteiger partial charge in [0.1, 0.15) is 5.65 Å². The standard InChI is InChI=1S/C20H20N2O3/c1-15(23)25-13-6-5-8-17-14-16-9-7-12-21-19(16)22(20(17)24)18-10-3-2-4-11-18/h2-4,7,9-12,14H,5-6,8,13H2,1H3. The van der Waals surface area contributed by atoms with E-state index in [9.17, 15) is 9.59 Å². The van der Waals surface area contributed by atoms with Crippen LogP contribution in [0.3, 0.4) is 0 Å². The van der Waals surface area contributed by atoms with Gasteiger partial charge in [-0.15, -0.1) is 0 Å². The van der Waals surface area contributed by atoms with Gasteiger partial charge in [-0.3, -0.25) is 14.2 Å². The van der Waals surface area contributed by atoms with E-state index in [0.717, 1.165) is 29.5 Å². The molecular weight excluding hydrogens is 316 g/mol. The SMILES string of the molecule is CC(=O)OCCCCc1cc2cccnc2n(-c2ccccc2)c1=O. The zero-order valence-electron chi connectivity index (χ0n) is 14.1. The summed E-state index contributed by atoms with van der Waals surface area (Å²) in [4.78, 5) is 28.2. The molecule has 128 valence electrons. The van der Waals surface area contributed by atoms with E-state index in [0.29, 0.717) is 18.7 Å². The maximum Gasteiger partial charge on any atom is 0.302 e. The number of ether oxygens (including phenoxy) is 1. The Kier molecular flexibility index (Phi) is 5.23. The van der Waals surface area contributed by atoms with Crippen LogP contribution in [-0.2, 0) is 16.0 Å². The van der Waals surface area contributed by atoms with Crippen molar-refractivity contribution in [2.45, 2.75) is 26.2 Å². The number of fused-ring (bicyclic) bond motifs is 1. The van der Waals surface area contributed by atoms with Crippen LogP contribution in [0.4, 0.5) is 0 Å². The normalized spacial score (nSPS) is 10.8. The molecule has 0 amide bonds. The quantitative estimate of drug-likeness (QED) is 0.512. The molecule has 0 unspecified atom stereocenters. The van der Waals surface area contributed by atoms with Gasteiger partial charge < -0.3 is 4.74 Å². The first kappa shape index (κ1) is 16.9. The minimum Gasteiger partial charge on any atom is -0.466 e. The zero-order chi connectivity index (χ0) is 17.6. The number of nitrogens with zero attached hydrogens (tertiary/aromatic N) is 2. The number of aryl methyl sites for hydroxylation is 1. The molecule has 25 heavy (non-hydrogen) atoms. The van der Waals surface area contributed by atoms with Crippen LogP contribution >= 0.6 is 0 Å². The molecule has 0 bridgehead atoms. The monoisotopic (exact) mass is 336 g/mol. The summed E-state index contributed by atoms with van der Waals surface area (Å²) >= 11 is 0. The Hall–Kier alpha value is -2.95. The van der Waals surface area contributed by atoms with Gasteiger partial charge in [0, 0.05) is 24.1 Å². The summed E-state index contributed by atoms with van der Waals surface area (Å²) in [6.45, 7) is 1.78. The van der Waals surface area contributed by atoms with E-state index in [1.165, 1.54) is 6.92 Å². The Balaban J connectivity index is 1.93. The van der Waals surface area contributed by atoms with Crippen molar-refractivity contribution in [2.75, 3.05) is 6.61 Å². The van der Waals surface area contributed by atoms with Crippen LogP contribution in [0.2, 0.25) is 0 Å². The van der Waals surface area contributed by atoms with Crippen molar-refractivity contribution >= 4 is 17.0 Å². The molecule has 0 fully saturated rings. The second kappa shape index (κ2) is 7.75. The van der Waals surface area contributed by atoms with E-state index >= 15 is 0 Å². The fourth-order valence-corrected chi connectivity index (χ4v) is 2.83. The minimum atomic E-state index is -0.275. The number of esters is 1. The van der Waals surface area contributed by atoms with E-state index in [4.69, 9.17) is 4.74 Å². The molecule has 3 aromatic rings. The number of benzene rings is 1. The fourth-order valence-electron chi connectivity index (χ4n) is 2.83. The fraction of sp³-hybridized carbons (Fsp3) is 0.250. The molecule has 0 atom stereocenters. The molecule has 0 aliphatic rings. The third kappa shape index (κ3) is 3.94. The topological polar surface area (TPSA) is 61.2 Å². The first-order valence-corrected chi connectivity index (χ1v) is 8.35. The first-order chi connectivity index (χ1) is 12.2. The lowest BCUT2D eigenvalue weighted by Gasteiger charge is -2.12. The Morgan fingerprint density at radius 2 is 1.92 bits per heavy atom. The first-order valence-electron chi connectivity index (χ1n) is 8.35. The smallest absolute Gasteiger partial charge is 0.302 e. The van der Waals surface area contributed by atoms with Gasteiger partial charge in [0.25, 0.3) is 5.56 Å². The van der Waals surface area contributed by atoms with Gasteiger partial charge in [-0.1, -0.05) is 18.2 Å². The highest BCUT2D eigenvalue weighted by Crippen LogP contribution is 2.16. The Labute approximate surface area is 145 Å². The summed E-state index contributed by atoms with van der Waals surface area (Å²) in [5.74, 6) is -0.275. The maximum absolute atomic E-state index is 13.0. The van der Waals surface area contributed by atoms with Crippen LogP contribution in [0.5, 0.6) is 0 Å². The highest BCUT2D eigenvalue weighted by Gasteiger charge is 2.11. The molecule has 0 spiro atoms. The summed E-state index contributed by atoms with van der Waals surface area (Å²) < 4.78 is 6.60. The predicted octanol–water partition coefficient (Wildman–Crippen LogP) is 3.27. The highest BCUT2D eigenvalue weighted by molar-refractivity contribution is 5.77. The number of para-hydroxylation sites is 1. The van der Waals surface area contributed by atoms with Gasteiger partial charge in [-0.2, -0.15) is 0 Å².